The molecule has 0 amide bonds. The Kier molecular flexibility index (Phi) is 62.9. The van der Waals surface area contributed by atoms with E-state index < -0.39 is 26.5 Å². The van der Waals surface area contributed by atoms with E-state index in [9.17, 15) is 19.0 Å². The molecule has 0 saturated carbocycles. The second-order valence-corrected chi connectivity index (χ2v) is 26.7. The maximum atomic E-state index is 12.9. The minimum atomic E-state index is -4.39. The minimum absolute atomic E-state index is 0.0317. The van der Waals surface area contributed by atoms with Crippen molar-refractivity contribution in [2.45, 2.75) is 341 Å². The van der Waals surface area contributed by atoms with Gasteiger partial charge in [-0.2, -0.15) is 0 Å². The van der Waals surface area contributed by atoms with Crippen LogP contribution < -0.4 is 0 Å². The molecule has 0 aliphatic rings. The largest absolute Gasteiger partial charge is 0.472 e. The summed E-state index contributed by atoms with van der Waals surface area (Å²) < 4.78 is 34.8. The Morgan fingerprint density at radius 1 is 0.381 bits per heavy atom. The number of rotatable bonds is 66. The van der Waals surface area contributed by atoms with Crippen LogP contribution in [0.1, 0.15) is 335 Å². The van der Waals surface area contributed by atoms with Gasteiger partial charge in [0, 0.05) is 12.8 Å². The SMILES string of the molecule is CC/C=C\C/C=C\C/C=C\C/C=C\C/C=C\CCCCCCCCCCCCCCCCCC(=O)OC(COC(=O)CCCCCCCCCCCCCCCCCCC/C=C\CCCCCCCCCC)COP(=O)(O)OCC[N+](C)(C)C. The van der Waals surface area contributed by atoms with Crippen LogP contribution in [0.2, 0.25) is 0 Å². The highest BCUT2D eigenvalue weighted by Crippen LogP contribution is 2.43. The summed E-state index contributed by atoms with van der Waals surface area (Å²) in [5, 5.41) is 0. The second-order valence-electron chi connectivity index (χ2n) is 25.2. The lowest BCUT2D eigenvalue weighted by Crippen LogP contribution is -2.37. The van der Waals surface area contributed by atoms with Gasteiger partial charge >= 0.3 is 19.8 Å². The summed E-state index contributed by atoms with van der Waals surface area (Å²) in [6, 6.07) is 0. The zero-order valence-electron chi connectivity index (χ0n) is 55.9. The maximum absolute atomic E-state index is 12.9. The van der Waals surface area contributed by atoms with Gasteiger partial charge in [-0.1, -0.05) is 311 Å². The fourth-order valence-electron chi connectivity index (χ4n) is 10.3. The normalized spacial score (nSPS) is 13.5. The van der Waals surface area contributed by atoms with Crippen molar-refractivity contribution in [2.24, 2.45) is 0 Å². The number of phosphoric acid groups is 1. The van der Waals surface area contributed by atoms with Crippen molar-refractivity contribution in [2.75, 3.05) is 47.5 Å². The van der Waals surface area contributed by atoms with Gasteiger partial charge in [0.2, 0.25) is 0 Å². The first-order valence-corrected chi connectivity index (χ1v) is 37.2. The average Bonchev–Trinajstić information content (AvgIpc) is 3.61. The van der Waals surface area contributed by atoms with E-state index in [4.69, 9.17) is 18.5 Å². The van der Waals surface area contributed by atoms with Crippen LogP contribution in [0.5, 0.6) is 0 Å². The average molecular weight is 1200 g/mol. The molecule has 0 aliphatic carbocycles. The lowest BCUT2D eigenvalue weighted by molar-refractivity contribution is -0.870. The van der Waals surface area contributed by atoms with E-state index in [1.54, 1.807) is 0 Å². The Balaban J connectivity index is 4.02. The standard InChI is InChI=1S/C74H136NO8P/c1-6-8-10-12-14-16-18-20-22-24-26-28-30-32-34-36-37-39-41-43-45-47-49-51-53-55-57-59-61-63-65-67-74(77)83-72(71-82-84(78,79)81-69-68-75(3,4)5)70-80-73(76)66-64-62-60-58-56-54-52-50-48-46-44-42-40-38-35-33-31-29-27-25-23-21-19-17-15-13-11-9-7-2/h8,10,14,16,20,22,25-28,32,34,72H,6-7,9,11-13,15,17-19,21,23-24,29-31,33,35-71H2,1-5H3/p+1/b10-8-,16-14-,22-20-,27-25-,28-26-,34-32-. The molecular weight excluding hydrogens is 1060 g/mol. The van der Waals surface area contributed by atoms with E-state index in [2.05, 4.69) is 86.8 Å². The van der Waals surface area contributed by atoms with Gasteiger partial charge in [-0.15, -0.1) is 0 Å². The molecule has 0 saturated heterocycles. The van der Waals surface area contributed by atoms with Gasteiger partial charge in [0.05, 0.1) is 27.7 Å². The highest BCUT2D eigenvalue weighted by atomic mass is 31.2. The third kappa shape index (κ3) is 68.6. The van der Waals surface area contributed by atoms with Crippen LogP contribution in [0, 0.1) is 0 Å². The maximum Gasteiger partial charge on any atom is 0.472 e. The monoisotopic (exact) mass is 1200 g/mol. The molecule has 0 aromatic carbocycles. The molecular formula is C74H137NO8P+. The van der Waals surface area contributed by atoms with Crippen LogP contribution in [0.15, 0.2) is 72.9 Å². The number of hydrogen-bond donors (Lipinski definition) is 1. The summed E-state index contributed by atoms with van der Waals surface area (Å²) in [5.74, 6) is -0.783. The van der Waals surface area contributed by atoms with Crippen molar-refractivity contribution in [3.05, 3.63) is 72.9 Å². The fraction of sp³-hybridized carbons (Fsp3) is 0.811. The highest BCUT2D eigenvalue weighted by molar-refractivity contribution is 7.47. The lowest BCUT2D eigenvalue weighted by atomic mass is 10.0. The zero-order valence-corrected chi connectivity index (χ0v) is 56.8. The quantitative estimate of drug-likeness (QED) is 0.0211. The summed E-state index contributed by atoms with van der Waals surface area (Å²) in [7, 11) is 1.49. The molecule has 0 heterocycles. The predicted molar refractivity (Wildman–Crippen MR) is 363 cm³/mol. The number of hydrogen-bond acceptors (Lipinski definition) is 7. The number of ether oxygens (including phenoxy) is 2. The topological polar surface area (TPSA) is 108 Å². The molecule has 1 N–H and O–H groups in total. The smallest absolute Gasteiger partial charge is 0.462 e. The zero-order chi connectivity index (χ0) is 61.2. The van der Waals surface area contributed by atoms with E-state index in [0.717, 1.165) is 64.2 Å². The fourth-order valence-corrected chi connectivity index (χ4v) is 11.0. The van der Waals surface area contributed by atoms with E-state index in [1.165, 1.54) is 238 Å². The van der Waals surface area contributed by atoms with Gasteiger partial charge in [-0.25, -0.2) is 4.57 Å². The number of likely N-dealkylation sites (N-methyl/N-ethyl adjacent to an activating group) is 1. The number of carbonyl (C=O) groups excluding carboxylic acids is 2. The number of phosphoric ester groups is 1. The molecule has 0 aromatic heterocycles. The molecule has 0 rings (SSSR count). The van der Waals surface area contributed by atoms with E-state index in [1.807, 2.05) is 21.1 Å². The first-order chi connectivity index (χ1) is 41.0. The molecule has 0 aliphatic heterocycles. The Morgan fingerprint density at radius 3 is 1.02 bits per heavy atom. The highest BCUT2D eigenvalue weighted by Gasteiger charge is 2.27. The molecule has 0 spiro atoms. The summed E-state index contributed by atoms with van der Waals surface area (Å²) in [4.78, 5) is 35.9. The number of quaternary nitrogens is 1. The minimum Gasteiger partial charge on any atom is -0.462 e. The van der Waals surface area contributed by atoms with Gasteiger partial charge in [-0.3, -0.25) is 18.6 Å². The van der Waals surface area contributed by atoms with Gasteiger partial charge in [-0.05, 0) is 83.5 Å². The van der Waals surface area contributed by atoms with Crippen molar-refractivity contribution in [3.8, 4) is 0 Å². The molecule has 10 heteroatoms. The number of nitrogens with zero attached hydrogens (tertiary/aromatic N) is 1. The van der Waals surface area contributed by atoms with Crippen LogP contribution in [0.3, 0.4) is 0 Å². The van der Waals surface area contributed by atoms with E-state index in [0.29, 0.717) is 23.9 Å². The molecule has 0 fully saturated rings. The van der Waals surface area contributed by atoms with Crippen LogP contribution in [-0.2, 0) is 32.7 Å². The summed E-state index contributed by atoms with van der Waals surface area (Å²) in [6.45, 7) is 4.37. The third-order valence-electron chi connectivity index (χ3n) is 15.7. The van der Waals surface area contributed by atoms with Crippen LogP contribution >= 0.6 is 7.82 Å². The van der Waals surface area contributed by atoms with Crippen molar-refractivity contribution in [1.29, 1.82) is 0 Å². The lowest BCUT2D eigenvalue weighted by Gasteiger charge is -2.24. The molecule has 2 unspecified atom stereocenters. The van der Waals surface area contributed by atoms with Gasteiger partial charge < -0.3 is 18.9 Å². The first-order valence-electron chi connectivity index (χ1n) is 35.7. The number of esters is 2. The molecule has 0 aromatic rings. The summed E-state index contributed by atoms with van der Waals surface area (Å²) >= 11 is 0. The molecule has 84 heavy (non-hydrogen) atoms. The van der Waals surface area contributed by atoms with Gasteiger partial charge in [0.25, 0.3) is 0 Å². The first kappa shape index (κ1) is 81.5. The Labute approximate surface area is 520 Å². The number of allylic oxidation sites excluding steroid dienone is 12. The van der Waals surface area contributed by atoms with E-state index in [-0.39, 0.29) is 25.6 Å². The Bertz CT molecular complexity index is 1650. The van der Waals surface area contributed by atoms with Crippen LogP contribution in [0.25, 0.3) is 0 Å². The van der Waals surface area contributed by atoms with E-state index >= 15 is 0 Å². The second kappa shape index (κ2) is 64.9. The van der Waals surface area contributed by atoms with Crippen molar-refractivity contribution < 1.29 is 42.1 Å². The Morgan fingerprint density at radius 2 is 0.679 bits per heavy atom. The number of unbranched alkanes of at least 4 members (excludes halogenated alkanes) is 40. The van der Waals surface area contributed by atoms with Crippen LogP contribution in [0.4, 0.5) is 0 Å². The summed E-state index contributed by atoms with van der Waals surface area (Å²) in [6.07, 6.45) is 87.2. The van der Waals surface area contributed by atoms with Gasteiger partial charge in [0.1, 0.15) is 19.8 Å². The number of carbonyl (C=O) groups is 2. The predicted octanol–water partition coefficient (Wildman–Crippen LogP) is 23.2. The Hall–Kier alpha value is -2.55. The van der Waals surface area contributed by atoms with Gasteiger partial charge in [0.15, 0.2) is 6.10 Å². The van der Waals surface area contributed by atoms with Crippen molar-refractivity contribution >= 4 is 19.8 Å². The third-order valence-corrected chi connectivity index (χ3v) is 16.7. The molecule has 2 atom stereocenters. The molecule has 0 radical (unpaired) electrons. The van der Waals surface area contributed by atoms with Crippen molar-refractivity contribution in [3.63, 3.8) is 0 Å². The van der Waals surface area contributed by atoms with Crippen molar-refractivity contribution in [1.82, 2.24) is 0 Å². The molecule has 9 nitrogen and oxygen atoms in total. The van der Waals surface area contributed by atoms with Crippen LogP contribution in [-0.4, -0.2) is 74.9 Å². The summed E-state index contributed by atoms with van der Waals surface area (Å²) in [5.41, 5.74) is 0. The molecule has 490 valence electrons. The molecule has 0 bridgehead atoms.